The molecule has 0 atom stereocenters. The van der Waals surface area contributed by atoms with E-state index < -0.39 is 11.2 Å². The summed E-state index contributed by atoms with van der Waals surface area (Å²) < 4.78 is 1.45. The van der Waals surface area contributed by atoms with E-state index >= 15 is 0 Å². The van der Waals surface area contributed by atoms with Crippen LogP contribution in [0, 0.1) is 11.8 Å². The standard InChI is InChI=1S/C18H29N5O2S/c1-6-14-20-13(10-26-14)9-22(7-11(2)3)15-16(19)23(8-12(4)5)18(25)21-17(15)24/h10-12H,6-9,19H2,1-5H3,(H,21,24,25). The van der Waals surface area contributed by atoms with Gasteiger partial charge in [0.25, 0.3) is 5.56 Å². The molecule has 2 aromatic heterocycles. The second-order valence-electron chi connectivity index (χ2n) is 7.36. The smallest absolute Gasteiger partial charge is 0.330 e. The number of hydrogen-bond acceptors (Lipinski definition) is 6. The number of hydrogen-bond donors (Lipinski definition) is 2. The fourth-order valence-corrected chi connectivity index (χ4v) is 3.62. The van der Waals surface area contributed by atoms with Gasteiger partial charge in [-0.25, -0.2) is 9.78 Å². The number of anilines is 2. The average Bonchev–Trinajstić information content (AvgIpc) is 2.98. The van der Waals surface area contributed by atoms with Crippen molar-refractivity contribution >= 4 is 22.8 Å². The number of H-pyrrole nitrogens is 1. The summed E-state index contributed by atoms with van der Waals surface area (Å²) in [5.74, 6) is 0.778. The molecule has 0 aromatic carbocycles. The lowest BCUT2D eigenvalue weighted by atomic mass is 10.2. The van der Waals surface area contributed by atoms with Crippen LogP contribution in [0.5, 0.6) is 0 Å². The van der Waals surface area contributed by atoms with Gasteiger partial charge in [0.2, 0.25) is 0 Å². The topological polar surface area (TPSA) is 97.0 Å². The fraction of sp³-hybridized carbons (Fsp3) is 0.611. The lowest BCUT2D eigenvalue weighted by Crippen LogP contribution is -2.40. The highest BCUT2D eigenvalue weighted by Gasteiger charge is 2.21. The molecule has 0 saturated heterocycles. The molecule has 2 rings (SSSR count). The predicted molar refractivity (Wildman–Crippen MR) is 108 cm³/mol. The van der Waals surface area contributed by atoms with E-state index in [1.165, 1.54) is 4.57 Å². The van der Waals surface area contributed by atoms with Crippen molar-refractivity contribution in [2.45, 2.75) is 54.1 Å². The summed E-state index contributed by atoms with van der Waals surface area (Å²) in [5, 5.41) is 3.08. The number of nitrogens with one attached hydrogen (secondary N) is 1. The normalized spacial score (nSPS) is 11.5. The molecular weight excluding hydrogens is 350 g/mol. The molecule has 8 heteroatoms. The van der Waals surface area contributed by atoms with Gasteiger partial charge < -0.3 is 10.6 Å². The monoisotopic (exact) mass is 379 g/mol. The number of nitrogen functional groups attached to an aromatic ring is 1. The quantitative estimate of drug-likeness (QED) is 0.734. The Morgan fingerprint density at radius 2 is 1.96 bits per heavy atom. The molecule has 0 saturated carbocycles. The minimum absolute atomic E-state index is 0.221. The van der Waals surface area contributed by atoms with Gasteiger partial charge in [-0.1, -0.05) is 34.6 Å². The molecule has 0 bridgehead atoms. The first-order chi connectivity index (χ1) is 12.2. The van der Waals surface area contributed by atoms with Crippen LogP contribution in [0.1, 0.15) is 45.3 Å². The molecule has 3 N–H and O–H groups in total. The summed E-state index contributed by atoms with van der Waals surface area (Å²) in [6, 6.07) is 0. The summed E-state index contributed by atoms with van der Waals surface area (Å²) in [6.45, 7) is 11.8. The molecule has 0 aliphatic heterocycles. The molecule has 0 spiro atoms. The molecule has 144 valence electrons. The van der Waals surface area contributed by atoms with E-state index in [2.05, 4.69) is 30.7 Å². The van der Waals surface area contributed by atoms with Crippen molar-refractivity contribution in [1.29, 1.82) is 0 Å². The summed E-state index contributed by atoms with van der Waals surface area (Å²) in [6.07, 6.45) is 0.886. The number of aromatic nitrogens is 3. The molecule has 0 aliphatic carbocycles. The number of rotatable bonds is 8. The maximum Gasteiger partial charge on any atom is 0.330 e. The highest BCUT2D eigenvalue weighted by molar-refractivity contribution is 7.09. The van der Waals surface area contributed by atoms with Gasteiger partial charge in [-0.15, -0.1) is 11.3 Å². The zero-order valence-corrected chi connectivity index (χ0v) is 17.0. The number of nitrogens with two attached hydrogens (primary N) is 1. The predicted octanol–water partition coefficient (Wildman–Crippen LogP) is 2.46. The van der Waals surface area contributed by atoms with Crippen LogP contribution in [-0.4, -0.2) is 21.1 Å². The Morgan fingerprint density at radius 3 is 2.50 bits per heavy atom. The van der Waals surface area contributed by atoms with E-state index in [0.29, 0.717) is 31.2 Å². The summed E-state index contributed by atoms with van der Waals surface area (Å²) in [5.41, 5.74) is 6.63. The first-order valence-corrected chi connectivity index (χ1v) is 9.91. The van der Waals surface area contributed by atoms with E-state index in [9.17, 15) is 9.59 Å². The molecule has 7 nitrogen and oxygen atoms in total. The van der Waals surface area contributed by atoms with Crippen LogP contribution in [0.4, 0.5) is 11.5 Å². The van der Waals surface area contributed by atoms with Gasteiger partial charge >= 0.3 is 5.69 Å². The van der Waals surface area contributed by atoms with Gasteiger partial charge in [0.05, 0.1) is 17.2 Å². The Kier molecular flexibility index (Phi) is 6.63. The van der Waals surface area contributed by atoms with Crippen molar-refractivity contribution in [2.24, 2.45) is 11.8 Å². The van der Waals surface area contributed by atoms with Gasteiger partial charge in [-0.3, -0.25) is 14.3 Å². The molecule has 0 amide bonds. The van der Waals surface area contributed by atoms with Gasteiger partial charge in [0.1, 0.15) is 11.5 Å². The number of aryl methyl sites for hydroxylation is 1. The zero-order chi connectivity index (χ0) is 19.4. The third-order valence-corrected chi connectivity index (χ3v) is 4.96. The second kappa shape index (κ2) is 8.53. The summed E-state index contributed by atoms with van der Waals surface area (Å²) >= 11 is 1.62. The van der Waals surface area contributed by atoms with Gasteiger partial charge in [-0.2, -0.15) is 0 Å². The maximum atomic E-state index is 12.6. The lowest BCUT2D eigenvalue weighted by molar-refractivity contribution is 0.505. The second-order valence-corrected chi connectivity index (χ2v) is 8.30. The zero-order valence-electron chi connectivity index (χ0n) is 16.2. The summed E-state index contributed by atoms with van der Waals surface area (Å²) in [7, 11) is 0. The summed E-state index contributed by atoms with van der Waals surface area (Å²) in [4.78, 5) is 33.7. The van der Waals surface area contributed by atoms with Crippen molar-refractivity contribution in [3.05, 3.63) is 36.9 Å². The molecular formula is C18H29N5O2S. The maximum absolute atomic E-state index is 12.6. The molecule has 0 aliphatic rings. The Labute approximate surface area is 157 Å². The first-order valence-electron chi connectivity index (χ1n) is 9.03. The lowest BCUT2D eigenvalue weighted by Gasteiger charge is -2.27. The van der Waals surface area contributed by atoms with Crippen molar-refractivity contribution in [3.63, 3.8) is 0 Å². The van der Waals surface area contributed by atoms with Gasteiger partial charge in [0.15, 0.2) is 0 Å². The molecule has 0 fully saturated rings. The first kappa shape index (κ1) is 20.2. The minimum atomic E-state index is -0.462. The fourth-order valence-electron chi connectivity index (χ4n) is 2.88. The highest BCUT2D eigenvalue weighted by Crippen LogP contribution is 2.22. The Hall–Kier alpha value is -2.09. The van der Waals surface area contributed by atoms with Crippen LogP contribution in [0.25, 0.3) is 0 Å². The van der Waals surface area contributed by atoms with E-state index in [4.69, 9.17) is 5.73 Å². The minimum Gasteiger partial charge on any atom is -0.383 e. The highest BCUT2D eigenvalue weighted by atomic mass is 32.1. The number of thiazole rings is 1. The molecule has 0 unspecified atom stereocenters. The van der Waals surface area contributed by atoms with Crippen molar-refractivity contribution < 1.29 is 0 Å². The van der Waals surface area contributed by atoms with E-state index in [0.717, 1.165) is 17.1 Å². The SMILES string of the molecule is CCc1nc(CN(CC(C)C)c2c(N)n(CC(C)C)c(=O)[nH]c2=O)cs1. The number of nitrogens with zero attached hydrogens (tertiary/aromatic N) is 3. The molecule has 0 radical (unpaired) electrons. The largest absolute Gasteiger partial charge is 0.383 e. The van der Waals surface area contributed by atoms with Crippen LogP contribution in [0.15, 0.2) is 15.0 Å². The van der Waals surface area contributed by atoms with Crippen LogP contribution < -0.4 is 21.9 Å². The van der Waals surface area contributed by atoms with Crippen LogP contribution in [0.3, 0.4) is 0 Å². The average molecular weight is 380 g/mol. The van der Waals surface area contributed by atoms with Gasteiger partial charge in [-0.05, 0) is 18.3 Å². The Morgan fingerprint density at radius 1 is 1.27 bits per heavy atom. The number of aromatic amines is 1. The Balaban J connectivity index is 2.49. The molecule has 26 heavy (non-hydrogen) atoms. The van der Waals surface area contributed by atoms with E-state index in [1.54, 1.807) is 11.3 Å². The van der Waals surface area contributed by atoms with Crippen LogP contribution in [-0.2, 0) is 19.5 Å². The van der Waals surface area contributed by atoms with Gasteiger partial charge in [0, 0.05) is 18.5 Å². The molecule has 2 heterocycles. The van der Waals surface area contributed by atoms with Crippen molar-refractivity contribution in [1.82, 2.24) is 14.5 Å². The van der Waals surface area contributed by atoms with E-state index in [-0.39, 0.29) is 11.7 Å². The molecule has 2 aromatic rings. The third-order valence-electron chi connectivity index (χ3n) is 3.92. The van der Waals surface area contributed by atoms with Crippen LogP contribution in [0.2, 0.25) is 0 Å². The Bertz CT molecular complexity index is 850. The third kappa shape index (κ3) is 4.75. The van der Waals surface area contributed by atoms with Crippen molar-refractivity contribution in [3.8, 4) is 0 Å². The van der Waals surface area contributed by atoms with E-state index in [1.807, 2.05) is 24.1 Å². The van der Waals surface area contributed by atoms with Crippen LogP contribution >= 0.6 is 11.3 Å². The van der Waals surface area contributed by atoms with Crippen molar-refractivity contribution in [2.75, 3.05) is 17.2 Å².